The highest BCUT2D eigenvalue weighted by atomic mass is 16.5. The summed E-state index contributed by atoms with van der Waals surface area (Å²) in [5.74, 6) is 1.10. The molecule has 1 heterocycles. The first-order valence-electron chi connectivity index (χ1n) is 8.47. The van der Waals surface area contributed by atoms with E-state index in [0.717, 1.165) is 26.3 Å². The maximum absolute atomic E-state index is 12.1. The molecular weight excluding hydrogens is 308 g/mol. The molecule has 2 rings (SSSR count). The lowest BCUT2D eigenvalue weighted by Gasteiger charge is -2.40. The van der Waals surface area contributed by atoms with Crippen LogP contribution in [-0.4, -0.2) is 62.4 Å². The molecule has 0 spiro atoms. The molecule has 0 radical (unpaired) electrons. The van der Waals surface area contributed by atoms with Crippen LogP contribution in [0.15, 0.2) is 24.3 Å². The summed E-state index contributed by atoms with van der Waals surface area (Å²) in [6.45, 7) is 10.5. The van der Waals surface area contributed by atoms with E-state index in [1.54, 1.807) is 6.07 Å². The number of benzene rings is 1. The summed E-state index contributed by atoms with van der Waals surface area (Å²) in [6, 6.07) is 7.37. The molecule has 1 aliphatic rings. The van der Waals surface area contributed by atoms with Crippen molar-refractivity contribution in [3.63, 3.8) is 0 Å². The molecule has 134 valence electrons. The molecule has 0 aromatic heterocycles. The minimum Gasteiger partial charge on any atom is -0.490 e. The molecule has 24 heavy (non-hydrogen) atoms. The van der Waals surface area contributed by atoms with Crippen LogP contribution < -0.4 is 14.8 Å². The van der Waals surface area contributed by atoms with Crippen LogP contribution in [0.1, 0.15) is 20.8 Å². The van der Waals surface area contributed by atoms with Gasteiger partial charge in [-0.1, -0.05) is 12.1 Å². The second-order valence-corrected chi connectivity index (χ2v) is 6.36. The Balaban J connectivity index is 1.79. The zero-order chi connectivity index (χ0) is 17.4. The number of hydrogen-bond donors (Lipinski definition) is 1. The number of morpholine rings is 1. The standard InChI is InChI=1S/C18H28N2O4/c1-4-23-15-7-5-6-8-16(15)24-13-17(21)19-14-18(2,3)20-9-11-22-12-10-20/h5-8H,4,9-14H2,1-3H3,(H,19,21). The third kappa shape index (κ3) is 5.39. The Labute approximate surface area is 144 Å². The summed E-state index contributed by atoms with van der Waals surface area (Å²) in [4.78, 5) is 14.4. The van der Waals surface area contributed by atoms with Gasteiger partial charge in [0.25, 0.3) is 5.91 Å². The normalized spacial score (nSPS) is 15.8. The molecule has 1 aromatic carbocycles. The van der Waals surface area contributed by atoms with Gasteiger partial charge in [-0.05, 0) is 32.9 Å². The Kier molecular flexibility index (Phi) is 6.87. The van der Waals surface area contributed by atoms with E-state index in [-0.39, 0.29) is 18.1 Å². The van der Waals surface area contributed by atoms with Crippen LogP contribution >= 0.6 is 0 Å². The number of nitrogens with one attached hydrogen (secondary N) is 1. The first-order valence-corrected chi connectivity index (χ1v) is 8.47. The number of carbonyl (C=O) groups excluding carboxylic acids is 1. The Morgan fingerprint density at radius 1 is 1.21 bits per heavy atom. The SMILES string of the molecule is CCOc1ccccc1OCC(=O)NCC(C)(C)N1CCOCC1. The van der Waals surface area contributed by atoms with Gasteiger partial charge >= 0.3 is 0 Å². The quantitative estimate of drug-likeness (QED) is 0.783. The lowest BCUT2D eigenvalue weighted by atomic mass is 10.0. The molecule has 6 heteroatoms. The maximum Gasteiger partial charge on any atom is 0.258 e. The molecule has 0 atom stereocenters. The molecule has 1 aromatic rings. The number of rotatable bonds is 8. The van der Waals surface area contributed by atoms with Crippen molar-refractivity contribution < 1.29 is 19.0 Å². The van der Waals surface area contributed by atoms with Crippen molar-refractivity contribution >= 4 is 5.91 Å². The van der Waals surface area contributed by atoms with Gasteiger partial charge in [0.1, 0.15) is 0 Å². The van der Waals surface area contributed by atoms with Gasteiger partial charge in [-0.25, -0.2) is 0 Å². The lowest BCUT2D eigenvalue weighted by Crippen LogP contribution is -2.55. The van der Waals surface area contributed by atoms with Gasteiger partial charge in [0.15, 0.2) is 18.1 Å². The van der Waals surface area contributed by atoms with E-state index in [4.69, 9.17) is 14.2 Å². The van der Waals surface area contributed by atoms with Crippen LogP contribution in [0.2, 0.25) is 0 Å². The van der Waals surface area contributed by atoms with Crippen molar-refractivity contribution in [3.8, 4) is 11.5 Å². The number of para-hydroxylation sites is 2. The average molecular weight is 336 g/mol. The van der Waals surface area contributed by atoms with Gasteiger partial charge in [-0.15, -0.1) is 0 Å². The van der Waals surface area contributed by atoms with E-state index in [2.05, 4.69) is 24.1 Å². The predicted molar refractivity (Wildman–Crippen MR) is 92.6 cm³/mol. The molecule has 0 aliphatic carbocycles. The summed E-state index contributed by atoms with van der Waals surface area (Å²) in [5.41, 5.74) is -0.108. The molecule has 1 aliphatic heterocycles. The number of carbonyl (C=O) groups is 1. The van der Waals surface area contributed by atoms with Crippen LogP contribution in [-0.2, 0) is 9.53 Å². The topological polar surface area (TPSA) is 60.0 Å². The summed E-state index contributed by atoms with van der Waals surface area (Å²) < 4.78 is 16.5. The molecular formula is C18H28N2O4. The molecule has 1 saturated heterocycles. The third-order valence-electron chi connectivity index (χ3n) is 4.09. The number of ether oxygens (including phenoxy) is 3. The van der Waals surface area contributed by atoms with Crippen LogP contribution in [0.5, 0.6) is 11.5 Å². The molecule has 1 fully saturated rings. The zero-order valence-corrected chi connectivity index (χ0v) is 14.8. The van der Waals surface area contributed by atoms with Crippen LogP contribution in [0.25, 0.3) is 0 Å². The molecule has 0 unspecified atom stereocenters. The average Bonchev–Trinajstić information content (AvgIpc) is 2.60. The maximum atomic E-state index is 12.1. The van der Waals surface area contributed by atoms with Crippen LogP contribution in [0.3, 0.4) is 0 Å². The summed E-state index contributed by atoms with van der Waals surface area (Å²) >= 11 is 0. The predicted octanol–water partition coefficient (Wildman–Crippen LogP) is 1.69. The fourth-order valence-corrected chi connectivity index (χ4v) is 2.63. The number of nitrogens with zero attached hydrogens (tertiary/aromatic N) is 1. The summed E-state index contributed by atoms with van der Waals surface area (Å²) in [6.07, 6.45) is 0. The Bertz CT molecular complexity index is 528. The van der Waals surface area contributed by atoms with Crippen molar-refractivity contribution in [3.05, 3.63) is 24.3 Å². The largest absolute Gasteiger partial charge is 0.490 e. The van der Waals surface area contributed by atoms with E-state index in [1.165, 1.54) is 0 Å². The van der Waals surface area contributed by atoms with Gasteiger partial charge in [-0.2, -0.15) is 0 Å². The van der Waals surface area contributed by atoms with Gasteiger partial charge in [0, 0.05) is 25.2 Å². The van der Waals surface area contributed by atoms with Crippen molar-refractivity contribution in [2.24, 2.45) is 0 Å². The van der Waals surface area contributed by atoms with E-state index in [1.807, 2.05) is 25.1 Å². The monoisotopic (exact) mass is 336 g/mol. The number of amides is 1. The first-order chi connectivity index (χ1) is 11.5. The Hall–Kier alpha value is -1.79. The smallest absolute Gasteiger partial charge is 0.258 e. The highest BCUT2D eigenvalue weighted by Crippen LogP contribution is 2.26. The minimum atomic E-state index is -0.136. The highest BCUT2D eigenvalue weighted by molar-refractivity contribution is 5.77. The molecule has 1 amide bonds. The third-order valence-corrected chi connectivity index (χ3v) is 4.09. The van der Waals surface area contributed by atoms with E-state index in [0.29, 0.717) is 24.7 Å². The van der Waals surface area contributed by atoms with E-state index < -0.39 is 0 Å². The molecule has 0 bridgehead atoms. The van der Waals surface area contributed by atoms with Crippen molar-refractivity contribution in [2.45, 2.75) is 26.3 Å². The molecule has 6 nitrogen and oxygen atoms in total. The van der Waals surface area contributed by atoms with Gasteiger partial charge in [0.2, 0.25) is 0 Å². The van der Waals surface area contributed by atoms with Gasteiger partial charge in [-0.3, -0.25) is 9.69 Å². The number of hydrogen-bond acceptors (Lipinski definition) is 5. The zero-order valence-electron chi connectivity index (χ0n) is 14.8. The summed E-state index contributed by atoms with van der Waals surface area (Å²) in [5, 5.41) is 2.95. The van der Waals surface area contributed by atoms with Crippen LogP contribution in [0, 0.1) is 0 Å². The highest BCUT2D eigenvalue weighted by Gasteiger charge is 2.28. The fraction of sp³-hybridized carbons (Fsp3) is 0.611. The van der Waals surface area contributed by atoms with Gasteiger partial charge in [0.05, 0.1) is 19.8 Å². The van der Waals surface area contributed by atoms with E-state index >= 15 is 0 Å². The van der Waals surface area contributed by atoms with E-state index in [9.17, 15) is 4.79 Å². The molecule has 0 saturated carbocycles. The Morgan fingerprint density at radius 3 is 2.46 bits per heavy atom. The van der Waals surface area contributed by atoms with Crippen molar-refractivity contribution in [2.75, 3.05) is 46.1 Å². The second-order valence-electron chi connectivity index (χ2n) is 6.36. The second kappa shape index (κ2) is 8.89. The molecule has 1 N–H and O–H groups in total. The fourth-order valence-electron chi connectivity index (χ4n) is 2.63. The summed E-state index contributed by atoms with van der Waals surface area (Å²) in [7, 11) is 0. The van der Waals surface area contributed by atoms with Gasteiger partial charge < -0.3 is 19.5 Å². The lowest BCUT2D eigenvalue weighted by molar-refractivity contribution is -0.123. The Morgan fingerprint density at radius 2 is 1.83 bits per heavy atom. The van der Waals surface area contributed by atoms with Crippen molar-refractivity contribution in [1.82, 2.24) is 10.2 Å². The van der Waals surface area contributed by atoms with Crippen molar-refractivity contribution in [1.29, 1.82) is 0 Å². The first kappa shape index (κ1) is 18.5. The van der Waals surface area contributed by atoms with Crippen LogP contribution in [0.4, 0.5) is 0 Å². The minimum absolute atomic E-state index is 0.0245.